The molecule has 9 heavy (non-hydrogen) atoms. The molecule has 0 spiro atoms. The van der Waals surface area contributed by atoms with Crippen molar-refractivity contribution in [3.05, 3.63) is 12.4 Å². The molecule has 0 bridgehead atoms. The first-order chi connectivity index (χ1) is 4.18. The molecule has 52 valence electrons. The second kappa shape index (κ2) is 3.95. The first-order valence-electron chi connectivity index (χ1n) is 2.76. The van der Waals surface area contributed by atoms with Crippen LogP contribution in [0.2, 0.25) is 0 Å². The third-order valence-electron chi connectivity index (χ3n) is 0.962. The first kappa shape index (κ1) is 8.01. The number of amides is 1. The molecule has 0 fully saturated rings. The van der Waals surface area contributed by atoms with Crippen LogP contribution in [0.3, 0.4) is 0 Å². The van der Waals surface area contributed by atoms with Crippen molar-refractivity contribution < 1.29 is 4.79 Å². The molecule has 0 aromatic heterocycles. The molecule has 0 atom stereocenters. The Kier molecular flexibility index (Phi) is 3.51. The van der Waals surface area contributed by atoms with Crippen LogP contribution in [0.5, 0.6) is 0 Å². The van der Waals surface area contributed by atoms with Crippen molar-refractivity contribution in [3.63, 3.8) is 0 Å². The van der Waals surface area contributed by atoms with E-state index in [2.05, 4.69) is 5.32 Å². The average molecular weight is 128 g/mol. The molecule has 0 unspecified atom stereocenters. The number of nitrogens with one attached hydrogen (secondary N) is 1. The van der Waals surface area contributed by atoms with E-state index < -0.39 is 0 Å². The second-order valence-electron chi connectivity index (χ2n) is 1.73. The third kappa shape index (κ3) is 3.58. The van der Waals surface area contributed by atoms with Gasteiger partial charge in [0.2, 0.25) is 5.91 Å². The molecular weight excluding hydrogens is 116 g/mol. The number of hydrogen-bond donors (Lipinski definition) is 1. The lowest BCUT2D eigenvalue weighted by molar-refractivity contribution is -0.125. The molecule has 0 aliphatic carbocycles. The summed E-state index contributed by atoms with van der Waals surface area (Å²) in [4.78, 5) is 12.0. The highest BCUT2D eigenvalue weighted by molar-refractivity contribution is 5.73. The van der Waals surface area contributed by atoms with Crippen LogP contribution in [0.15, 0.2) is 12.4 Å². The molecule has 0 rings (SSSR count). The number of hydrogen-bond acceptors (Lipinski definition) is 2. The molecular formula is C6H12N2O. The van der Waals surface area contributed by atoms with Crippen molar-refractivity contribution >= 4 is 5.91 Å². The first-order valence-corrected chi connectivity index (χ1v) is 2.76. The summed E-state index contributed by atoms with van der Waals surface area (Å²) in [6, 6.07) is 0. The van der Waals surface area contributed by atoms with Crippen molar-refractivity contribution in [1.82, 2.24) is 10.2 Å². The van der Waals surface area contributed by atoms with Crippen LogP contribution in [0.4, 0.5) is 0 Å². The van der Waals surface area contributed by atoms with E-state index in [0.717, 1.165) is 0 Å². The quantitative estimate of drug-likeness (QED) is 0.574. The minimum absolute atomic E-state index is 0.0292. The molecule has 0 aliphatic heterocycles. The highest BCUT2D eigenvalue weighted by Gasteiger charge is 1.92. The molecule has 0 aromatic carbocycles. The predicted octanol–water partition coefficient (Wildman–Crippen LogP) is 0.155. The Morgan fingerprint density at radius 2 is 2.22 bits per heavy atom. The zero-order chi connectivity index (χ0) is 7.28. The molecule has 1 N–H and O–H groups in total. The van der Waals surface area contributed by atoms with Gasteiger partial charge < -0.3 is 10.2 Å². The number of rotatable bonds is 2. The zero-order valence-electron chi connectivity index (χ0n) is 6.01. The fourth-order valence-corrected chi connectivity index (χ4v) is 0.291. The third-order valence-corrected chi connectivity index (χ3v) is 0.962. The van der Waals surface area contributed by atoms with E-state index in [0.29, 0.717) is 0 Å². The fourth-order valence-electron chi connectivity index (χ4n) is 0.291. The Morgan fingerprint density at radius 3 is 2.56 bits per heavy atom. The van der Waals surface area contributed by atoms with Crippen molar-refractivity contribution in [2.24, 2.45) is 0 Å². The molecule has 0 radical (unpaired) electrons. The van der Waals surface area contributed by atoms with Gasteiger partial charge in [0.15, 0.2) is 0 Å². The number of nitrogens with zero attached hydrogens (tertiary/aromatic N) is 1. The summed E-state index contributed by atoms with van der Waals surface area (Å²) >= 11 is 0. The predicted molar refractivity (Wildman–Crippen MR) is 36.6 cm³/mol. The Morgan fingerprint density at radius 1 is 1.67 bits per heavy atom. The maximum Gasteiger partial charge on any atom is 0.223 e. The van der Waals surface area contributed by atoms with Gasteiger partial charge in [-0.2, -0.15) is 0 Å². The maximum atomic E-state index is 10.5. The van der Waals surface area contributed by atoms with Gasteiger partial charge in [0.25, 0.3) is 0 Å². The van der Waals surface area contributed by atoms with Gasteiger partial charge in [0.05, 0.1) is 0 Å². The molecule has 0 saturated heterocycles. The largest absolute Gasteiger partial charge is 0.393 e. The number of carbonyl (C=O) groups is 1. The molecule has 0 heterocycles. The van der Waals surface area contributed by atoms with E-state index in [-0.39, 0.29) is 5.91 Å². The van der Waals surface area contributed by atoms with Crippen LogP contribution in [0, 0.1) is 0 Å². The van der Waals surface area contributed by atoms with Crippen molar-refractivity contribution in [2.45, 2.75) is 6.92 Å². The fraction of sp³-hybridized carbons (Fsp3) is 0.500. The summed E-state index contributed by atoms with van der Waals surface area (Å²) in [6.07, 6.45) is 3.36. The zero-order valence-corrected chi connectivity index (χ0v) is 6.01. The average Bonchev–Trinajstić information content (AvgIpc) is 1.82. The van der Waals surface area contributed by atoms with Gasteiger partial charge in [-0.05, 0) is 0 Å². The normalized spacial score (nSPS) is 9.67. The Hall–Kier alpha value is -0.990. The van der Waals surface area contributed by atoms with Gasteiger partial charge >= 0.3 is 0 Å². The van der Waals surface area contributed by atoms with E-state index in [1.54, 1.807) is 26.5 Å². The van der Waals surface area contributed by atoms with Gasteiger partial charge in [-0.25, -0.2) is 0 Å². The van der Waals surface area contributed by atoms with Crippen molar-refractivity contribution in [2.75, 3.05) is 14.1 Å². The molecule has 3 heteroatoms. The van der Waals surface area contributed by atoms with Crippen molar-refractivity contribution in [1.29, 1.82) is 0 Å². The topological polar surface area (TPSA) is 32.3 Å². The minimum Gasteiger partial charge on any atom is -0.393 e. The highest BCUT2D eigenvalue weighted by Crippen LogP contribution is 1.81. The van der Waals surface area contributed by atoms with Crippen LogP contribution in [0.1, 0.15) is 6.92 Å². The maximum absolute atomic E-state index is 10.5. The van der Waals surface area contributed by atoms with E-state index in [1.807, 2.05) is 0 Å². The molecule has 0 saturated carbocycles. The standard InChI is InChI=1S/C6H12N2O/c1-6(9)8(3)5-4-7-2/h4-5,7H,1-3H3/b5-4-. The van der Waals surface area contributed by atoms with Gasteiger partial charge in [-0.3, -0.25) is 4.79 Å². The Balaban J connectivity index is 3.62. The van der Waals surface area contributed by atoms with Gasteiger partial charge in [-0.15, -0.1) is 0 Å². The SMILES string of the molecule is CN/C=C\N(C)C(C)=O. The monoisotopic (exact) mass is 128 g/mol. The summed E-state index contributed by atoms with van der Waals surface area (Å²) in [5, 5.41) is 2.78. The van der Waals surface area contributed by atoms with Crippen molar-refractivity contribution in [3.8, 4) is 0 Å². The summed E-state index contributed by atoms with van der Waals surface area (Å²) in [6.45, 7) is 1.51. The lowest BCUT2D eigenvalue weighted by Gasteiger charge is -2.06. The summed E-state index contributed by atoms with van der Waals surface area (Å²) in [7, 11) is 3.49. The van der Waals surface area contributed by atoms with E-state index in [1.165, 1.54) is 11.8 Å². The lowest BCUT2D eigenvalue weighted by atomic mass is 10.6. The smallest absolute Gasteiger partial charge is 0.223 e. The summed E-state index contributed by atoms with van der Waals surface area (Å²) < 4.78 is 0. The van der Waals surface area contributed by atoms with E-state index in [9.17, 15) is 4.79 Å². The van der Waals surface area contributed by atoms with Crippen LogP contribution in [-0.4, -0.2) is 24.9 Å². The Bertz CT molecular complexity index is 120. The van der Waals surface area contributed by atoms with Gasteiger partial charge in [-0.1, -0.05) is 0 Å². The molecule has 0 aromatic rings. The van der Waals surface area contributed by atoms with E-state index in [4.69, 9.17) is 0 Å². The van der Waals surface area contributed by atoms with Crippen LogP contribution in [-0.2, 0) is 4.79 Å². The molecule has 1 amide bonds. The van der Waals surface area contributed by atoms with Gasteiger partial charge in [0.1, 0.15) is 0 Å². The summed E-state index contributed by atoms with van der Waals surface area (Å²) in [5.41, 5.74) is 0. The molecule has 0 aliphatic rings. The van der Waals surface area contributed by atoms with Gasteiger partial charge in [0, 0.05) is 33.4 Å². The van der Waals surface area contributed by atoms with Crippen LogP contribution in [0.25, 0.3) is 0 Å². The lowest BCUT2D eigenvalue weighted by Crippen LogP contribution is -2.17. The van der Waals surface area contributed by atoms with E-state index >= 15 is 0 Å². The van der Waals surface area contributed by atoms with Crippen LogP contribution >= 0.6 is 0 Å². The summed E-state index contributed by atoms with van der Waals surface area (Å²) in [5.74, 6) is 0.0292. The molecule has 3 nitrogen and oxygen atoms in total. The minimum atomic E-state index is 0.0292. The number of carbonyl (C=O) groups excluding carboxylic acids is 1. The highest BCUT2D eigenvalue weighted by atomic mass is 16.2. The second-order valence-corrected chi connectivity index (χ2v) is 1.73. The van der Waals surface area contributed by atoms with Crippen LogP contribution < -0.4 is 5.32 Å². The Labute approximate surface area is 55.3 Å².